The van der Waals surface area contributed by atoms with Gasteiger partial charge in [-0.05, 0) is 30.7 Å². The van der Waals surface area contributed by atoms with E-state index in [0.717, 1.165) is 56.0 Å². The minimum absolute atomic E-state index is 0.167. The summed E-state index contributed by atoms with van der Waals surface area (Å²) in [6.07, 6.45) is 4.56. The van der Waals surface area contributed by atoms with Crippen LogP contribution in [0.5, 0.6) is 11.5 Å². The second-order valence-electron chi connectivity index (χ2n) is 7.19. The number of fused-ring (bicyclic) bond motifs is 1. The Morgan fingerprint density at radius 3 is 2.74 bits per heavy atom. The van der Waals surface area contributed by atoms with Crippen LogP contribution in [0.3, 0.4) is 0 Å². The van der Waals surface area contributed by atoms with E-state index >= 15 is 0 Å². The minimum atomic E-state index is 0.167. The highest BCUT2D eigenvalue weighted by Crippen LogP contribution is 2.30. The molecule has 3 rings (SSSR count). The van der Waals surface area contributed by atoms with Crippen molar-refractivity contribution in [2.75, 3.05) is 19.7 Å². The molecule has 0 aliphatic carbocycles. The Kier molecular flexibility index (Phi) is 5.91. The maximum absolute atomic E-state index is 8.39. The molecule has 1 saturated heterocycles. The molecular formula is C20H29N5O2+2. The summed E-state index contributed by atoms with van der Waals surface area (Å²) in [6.45, 7) is 5.93. The first kappa shape index (κ1) is 19.1. The number of hydrogen-bond acceptors (Lipinski definition) is 4. The fourth-order valence-corrected chi connectivity index (χ4v) is 3.46. The number of likely N-dealkylation sites (tertiary alicyclic amines) is 1. The van der Waals surface area contributed by atoms with Crippen LogP contribution < -0.4 is 20.2 Å². The van der Waals surface area contributed by atoms with Gasteiger partial charge in [-0.3, -0.25) is 10.8 Å². The van der Waals surface area contributed by atoms with Gasteiger partial charge in [-0.1, -0.05) is 0 Å². The molecular weight excluding hydrogens is 342 g/mol. The Morgan fingerprint density at radius 2 is 2.04 bits per heavy atom. The summed E-state index contributed by atoms with van der Waals surface area (Å²) >= 11 is 0. The highest BCUT2D eigenvalue weighted by molar-refractivity contribution is 6.01. The Labute approximate surface area is 159 Å². The van der Waals surface area contributed by atoms with Gasteiger partial charge in [0.1, 0.15) is 23.4 Å². The van der Waals surface area contributed by atoms with E-state index in [1.165, 1.54) is 5.56 Å². The average Bonchev–Trinajstić information content (AvgIpc) is 3.08. The van der Waals surface area contributed by atoms with Crippen LogP contribution in [0.1, 0.15) is 32.3 Å². The van der Waals surface area contributed by atoms with Gasteiger partial charge in [0.25, 0.3) is 0 Å². The normalized spacial score (nSPS) is 17.3. The molecule has 1 aromatic carbocycles. The molecule has 6 N–H and O–H groups in total. The summed E-state index contributed by atoms with van der Waals surface area (Å²) in [5.41, 5.74) is 1.99. The van der Waals surface area contributed by atoms with Crippen molar-refractivity contribution in [2.45, 2.75) is 39.2 Å². The Balaban J connectivity index is 1.51. The first-order valence-electron chi connectivity index (χ1n) is 9.39. The molecule has 0 radical (unpaired) electrons. The van der Waals surface area contributed by atoms with Gasteiger partial charge in [0.2, 0.25) is 5.84 Å². The zero-order chi connectivity index (χ0) is 19.4. The van der Waals surface area contributed by atoms with Crippen molar-refractivity contribution in [1.29, 1.82) is 10.8 Å². The van der Waals surface area contributed by atoms with Crippen LogP contribution in [0.4, 0.5) is 0 Å². The number of ether oxygens (including phenoxy) is 2. The molecule has 7 nitrogen and oxygen atoms in total. The van der Waals surface area contributed by atoms with Crippen LogP contribution in [0.15, 0.2) is 29.8 Å². The molecule has 0 amide bonds. The van der Waals surface area contributed by atoms with E-state index in [9.17, 15) is 0 Å². The van der Waals surface area contributed by atoms with Crippen molar-refractivity contribution in [1.82, 2.24) is 4.90 Å². The summed E-state index contributed by atoms with van der Waals surface area (Å²) in [4.78, 5) is 2.05. The standard InChI is InChI=1S/C20H27N5O2/c1-13(11-19(22)24-14(2)21)20(23)25-8-5-16(6-9-25)27-17-3-4-18-15(12-17)7-10-26-18/h3-4,11-12,16,23H,5-10H2,1-2H3,(H3,21,22,24)/p+2/b13-11-,23-20?. The number of nitrogens with one attached hydrogen (secondary N) is 2. The van der Waals surface area contributed by atoms with Crippen LogP contribution in [0.2, 0.25) is 0 Å². The summed E-state index contributed by atoms with van der Waals surface area (Å²) in [7, 11) is 0. The molecule has 0 bridgehead atoms. The van der Waals surface area contributed by atoms with Crippen LogP contribution >= 0.6 is 0 Å². The van der Waals surface area contributed by atoms with Gasteiger partial charge in [-0.15, -0.1) is 0 Å². The van der Waals surface area contributed by atoms with Crippen molar-refractivity contribution in [3.63, 3.8) is 0 Å². The predicted octanol–water partition coefficient (Wildman–Crippen LogP) is 0.106. The zero-order valence-electron chi connectivity index (χ0n) is 16.0. The first-order valence-corrected chi connectivity index (χ1v) is 9.39. The summed E-state index contributed by atoms with van der Waals surface area (Å²) in [5, 5.41) is 23.5. The van der Waals surface area contributed by atoms with E-state index in [4.69, 9.17) is 25.7 Å². The second kappa shape index (κ2) is 8.35. The summed E-state index contributed by atoms with van der Waals surface area (Å²) in [6, 6.07) is 6.05. The lowest BCUT2D eigenvalue weighted by Crippen LogP contribution is -2.95. The highest BCUT2D eigenvalue weighted by Gasteiger charge is 2.24. The van der Waals surface area contributed by atoms with E-state index in [1.54, 1.807) is 18.3 Å². The number of nitrogens with zero attached hydrogens (tertiary/aromatic N) is 1. The molecule has 1 fully saturated rings. The molecule has 2 aliphatic rings. The van der Waals surface area contributed by atoms with Gasteiger partial charge in [-0.25, -0.2) is 10.7 Å². The third kappa shape index (κ3) is 4.95. The number of nitrogens with two attached hydrogens (primary N) is 2. The van der Waals surface area contributed by atoms with Crippen molar-refractivity contribution in [2.24, 2.45) is 0 Å². The Morgan fingerprint density at radius 1 is 1.30 bits per heavy atom. The predicted molar refractivity (Wildman–Crippen MR) is 105 cm³/mol. The lowest BCUT2D eigenvalue weighted by atomic mass is 10.1. The molecule has 7 heteroatoms. The summed E-state index contributed by atoms with van der Waals surface area (Å²) < 4.78 is 11.7. The maximum Gasteiger partial charge on any atom is 0.334 e. The molecule has 2 aliphatic heterocycles. The third-order valence-corrected chi connectivity index (χ3v) is 4.85. The second-order valence-corrected chi connectivity index (χ2v) is 7.19. The smallest absolute Gasteiger partial charge is 0.334 e. The number of amidine groups is 3. The van der Waals surface area contributed by atoms with E-state index in [0.29, 0.717) is 17.5 Å². The van der Waals surface area contributed by atoms with Gasteiger partial charge in [0, 0.05) is 44.0 Å². The molecule has 1 aromatic rings. The molecule has 0 unspecified atom stereocenters. The monoisotopic (exact) mass is 371 g/mol. The fourth-order valence-electron chi connectivity index (χ4n) is 3.46. The van der Waals surface area contributed by atoms with E-state index in [2.05, 4.69) is 11.0 Å². The Hall–Kier alpha value is -2.67. The molecule has 0 aromatic heterocycles. The van der Waals surface area contributed by atoms with Crippen LogP contribution in [0.25, 0.3) is 0 Å². The Bertz CT molecular complexity index is 779. The minimum Gasteiger partial charge on any atom is -0.493 e. The largest absolute Gasteiger partial charge is 0.493 e. The van der Waals surface area contributed by atoms with Gasteiger partial charge in [0.15, 0.2) is 0 Å². The van der Waals surface area contributed by atoms with E-state index in [1.807, 2.05) is 19.1 Å². The molecule has 0 atom stereocenters. The van der Waals surface area contributed by atoms with Crippen molar-refractivity contribution in [3.8, 4) is 11.5 Å². The van der Waals surface area contributed by atoms with Gasteiger partial charge in [-0.2, -0.15) is 0 Å². The molecule has 2 heterocycles. The number of piperidine rings is 1. The SMILES string of the molecule is CC(=[NH2+])[NH2+]C(=N)/C=C(/C)C(=N)N1CCC(Oc2ccc3c(c2)CCO3)CC1. The fraction of sp³-hybridized carbons (Fsp3) is 0.450. The van der Waals surface area contributed by atoms with Gasteiger partial charge >= 0.3 is 5.84 Å². The molecule has 27 heavy (non-hydrogen) atoms. The zero-order valence-corrected chi connectivity index (χ0v) is 16.0. The maximum atomic E-state index is 8.39. The molecule has 144 valence electrons. The number of hydrogen-bond donors (Lipinski definition) is 4. The highest BCUT2D eigenvalue weighted by atomic mass is 16.5. The van der Waals surface area contributed by atoms with Crippen molar-refractivity contribution < 1.29 is 20.2 Å². The quantitative estimate of drug-likeness (QED) is 0.445. The van der Waals surface area contributed by atoms with Crippen molar-refractivity contribution >= 4 is 17.5 Å². The van der Waals surface area contributed by atoms with E-state index in [-0.39, 0.29) is 6.10 Å². The third-order valence-electron chi connectivity index (χ3n) is 4.85. The first-order chi connectivity index (χ1) is 12.9. The van der Waals surface area contributed by atoms with Crippen LogP contribution in [-0.4, -0.2) is 48.2 Å². The lowest BCUT2D eigenvalue weighted by Gasteiger charge is -2.34. The number of benzene rings is 1. The molecule has 0 spiro atoms. The number of quaternary nitrogens is 1. The topological polar surface area (TPSA) is 112 Å². The van der Waals surface area contributed by atoms with Crippen molar-refractivity contribution in [3.05, 3.63) is 35.4 Å². The average molecular weight is 371 g/mol. The van der Waals surface area contributed by atoms with Gasteiger partial charge in [0.05, 0.1) is 13.5 Å². The summed E-state index contributed by atoms with van der Waals surface area (Å²) in [5.74, 6) is 3.25. The number of rotatable bonds is 4. The molecule has 0 saturated carbocycles. The van der Waals surface area contributed by atoms with Crippen LogP contribution in [-0.2, 0) is 6.42 Å². The van der Waals surface area contributed by atoms with Gasteiger partial charge < -0.3 is 14.4 Å². The van der Waals surface area contributed by atoms with E-state index < -0.39 is 0 Å². The lowest BCUT2D eigenvalue weighted by molar-refractivity contribution is -0.450. The van der Waals surface area contributed by atoms with Crippen LogP contribution in [0, 0.1) is 10.8 Å².